The van der Waals surface area contributed by atoms with Gasteiger partial charge in [0.05, 0.1) is 24.6 Å². The van der Waals surface area contributed by atoms with Crippen molar-refractivity contribution in [3.63, 3.8) is 0 Å². The quantitative estimate of drug-likeness (QED) is 0.889. The van der Waals surface area contributed by atoms with Crippen LogP contribution in [0.2, 0.25) is 0 Å². The zero-order valence-electron chi connectivity index (χ0n) is 10.1. The van der Waals surface area contributed by atoms with Crippen molar-refractivity contribution in [1.29, 1.82) is 0 Å². The summed E-state index contributed by atoms with van der Waals surface area (Å²) in [6.07, 6.45) is 2.53. The molecule has 19 heavy (non-hydrogen) atoms. The van der Waals surface area contributed by atoms with Gasteiger partial charge in [0.1, 0.15) is 17.3 Å². The van der Waals surface area contributed by atoms with Crippen LogP contribution in [0.3, 0.4) is 0 Å². The molecule has 5 nitrogen and oxygen atoms in total. The van der Waals surface area contributed by atoms with Crippen molar-refractivity contribution in [3.8, 4) is 11.5 Å². The Kier molecular flexibility index (Phi) is 3.61. The predicted molar refractivity (Wildman–Crippen MR) is 66.8 cm³/mol. The molecule has 2 aromatic rings. The second-order valence-corrected chi connectivity index (χ2v) is 3.73. The average molecular weight is 262 g/mol. The molecule has 1 aromatic carbocycles. The number of halogens is 1. The minimum absolute atomic E-state index is 0.112. The smallest absolute Gasteiger partial charge is 0.257 e. The largest absolute Gasteiger partial charge is 0.506 e. The maximum Gasteiger partial charge on any atom is 0.257 e. The normalized spacial score (nSPS) is 10.0. The SMILES string of the molecule is COc1cc(F)ccc1NC(=O)c1cncc(O)c1. The molecule has 0 aliphatic heterocycles. The van der Waals surface area contributed by atoms with E-state index in [0.29, 0.717) is 5.69 Å². The lowest BCUT2D eigenvalue weighted by molar-refractivity contribution is 0.102. The molecule has 0 aliphatic carbocycles. The zero-order chi connectivity index (χ0) is 13.8. The van der Waals surface area contributed by atoms with Gasteiger partial charge in [0.25, 0.3) is 5.91 Å². The van der Waals surface area contributed by atoms with Crippen LogP contribution in [-0.2, 0) is 0 Å². The van der Waals surface area contributed by atoms with Crippen LogP contribution in [0.15, 0.2) is 36.7 Å². The molecule has 0 fully saturated rings. The van der Waals surface area contributed by atoms with Gasteiger partial charge < -0.3 is 15.2 Å². The van der Waals surface area contributed by atoms with Crippen molar-refractivity contribution in [1.82, 2.24) is 4.98 Å². The summed E-state index contributed by atoms with van der Waals surface area (Å²) >= 11 is 0. The summed E-state index contributed by atoms with van der Waals surface area (Å²) < 4.78 is 18.0. The number of rotatable bonds is 3. The Morgan fingerprint density at radius 2 is 2.16 bits per heavy atom. The highest BCUT2D eigenvalue weighted by molar-refractivity contribution is 6.05. The fourth-order valence-electron chi connectivity index (χ4n) is 1.51. The van der Waals surface area contributed by atoms with Gasteiger partial charge in [0.15, 0.2) is 0 Å². The summed E-state index contributed by atoms with van der Waals surface area (Å²) in [6.45, 7) is 0. The lowest BCUT2D eigenvalue weighted by Crippen LogP contribution is -2.12. The molecule has 0 saturated carbocycles. The van der Waals surface area contributed by atoms with Crippen LogP contribution in [0.5, 0.6) is 11.5 Å². The molecule has 1 amide bonds. The number of hydrogen-bond acceptors (Lipinski definition) is 4. The number of anilines is 1. The molecule has 0 unspecified atom stereocenters. The number of nitrogens with one attached hydrogen (secondary N) is 1. The van der Waals surface area contributed by atoms with Gasteiger partial charge in [-0.05, 0) is 18.2 Å². The van der Waals surface area contributed by atoms with Crippen molar-refractivity contribution in [2.45, 2.75) is 0 Å². The number of aromatic hydroxyl groups is 1. The lowest BCUT2D eigenvalue weighted by Gasteiger charge is -2.10. The van der Waals surface area contributed by atoms with Gasteiger partial charge in [-0.25, -0.2) is 4.39 Å². The Labute approximate surface area is 108 Å². The van der Waals surface area contributed by atoms with E-state index in [9.17, 15) is 14.3 Å². The molecule has 98 valence electrons. The third kappa shape index (κ3) is 2.98. The summed E-state index contributed by atoms with van der Waals surface area (Å²) in [5, 5.41) is 11.8. The minimum Gasteiger partial charge on any atom is -0.506 e. The number of aromatic nitrogens is 1. The molecular formula is C13H11FN2O3. The summed E-state index contributed by atoms with van der Waals surface area (Å²) in [7, 11) is 1.38. The first-order valence-electron chi connectivity index (χ1n) is 5.39. The van der Waals surface area contributed by atoms with Crippen molar-refractivity contribution in [2.24, 2.45) is 0 Å². The molecule has 0 spiro atoms. The van der Waals surface area contributed by atoms with Crippen molar-refractivity contribution in [3.05, 3.63) is 48.0 Å². The minimum atomic E-state index is -0.478. The van der Waals surface area contributed by atoms with E-state index in [-0.39, 0.29) is 17.1 Å². The third-order valence-electron chi connectivity index (χ3n) is 2.40. The second kappa shape index (κ2) is 5.34. The molecule has 2 rings (SSSR count). The zero-order valence-corrected chi connectivity index (χ0v) is 10.1. The number of carbonyl (C=O) groups excluding carboxylic acids is 1. The van der Waals surface area contributed by atoms with Crippen LogP contribution < -0.4 is 10.1 Å². The van der Waals surface area contributed by atoms with E-state index >= 15 is 0 Å². The van der Waals surface area contributed by atoms with E-state index in [1.807, 2.05) is 0 Å². The maximum absolute atomic E-state index is 13.0. The highest BCUT2D eigenvalue weighted by Gasteiger charge is 2.11. The molecule has 0 bridgehead atoms. The molecule has 0 atom stereocenters. The first-order valence-corrected chi connectivity index (χ1v) is 5.39. The van der Waals surface area contributed by atoms with E-state index in [1.165, 1.54) is 37.7 Å². The van der Waals surface area contributed by atoms with Gasteiger partial charge in [-0.3, -0.25) is 9.78 Å². The van der Waals surface area contributed by atoms with Gasteiger partial charge in [0.2, 0.25) is 0 Å². The number of amides is 1. The molecule has 1 heterocycles. The highest BCUT2D eigenvalue weighted by Crippen LogP contribution is 2.25. The Morgan fingerprint density at radius 1 is 1.37 bits per heavy atom. The van der Waals surface area contributed by atoms with Crippen LogP contribution in [0.1, 0.15) is 10.4 Å². The number of hydrogen-bond donors (Lipinski definition) is 2. The van der Waals surface area contributed by atoms with Crippen LogP contribution in [0, 0.1) is 5.82 Å². The van der Waals surface area contributed by atoms with Gasteiger partial charge in [-0.1, -0.05) is 0 Å². The fourth-order valence-corrected chi connectivity index (χ4v) is 1.51. The Morgan fingerprint density at radius 3 is 2.84 bits per heavy atom. The number of ether oxygens (including phenoxy) is 1. The predicted octanol–water partition coefficient (Wildman–Crippen LogP) is 2.19. The first kappa shape index (κ1) is 12.8. The Bertz CT molecular complexity index is 617. The number of benzene rings is 1. The van der Waals surface area contributed by atoms with Crippen molar-refractivity contribution in [2.75, 3.05) is 12.4 Å². The van der Waals surface area contributed by atoms with Crippen LogP contribution in [-0.4, -0.2) is 23.1 Å². The lowest BCUT2D eigenvalue weighted by atomic mass is 10.2. The topological polar surface area (TPSA) is 71.5 Å². The van der Waals surface area contributed by atoms with Crippen molar-refractivity contribution < 1.29 is 19.0 Å². The molecule has 1 aromatic heterocycles. The van der Waals surface area contributed by atoms with Gasteiger partial charge in [0, 0.05) is 12.3 Å². The molecule has 0 radical (unpaired) electrons. The Balaban J connectivity index is 2.24. The van der Waals surface area contributed by atoms with E-state index in [1.54, 1.807) is 0 Å². The van der Waals surface area contributed by atoms with E-state index < -0.39 is 11.7 Å². The van der Waals surface area contributed by atoms with Crippen molar-refractivity contribution >= 4 is 11.6 Å². The summed E-state index contributed by atoms with van der Waals surface area (Å²) in [5.41, 5.74) is 0.517. The molecule has 2 N–H and O–H groups in total. The van der Waals surface area contributed by atoms with Crippen LogP contribution in [0.4, 0.5) is 10.1 Å². The van der Waals surface area contributed by atoms with E-state index in [0.717, 1.165) is 6.07 Å². The second-order valence-electron chi connectivity index (χ2n) is 3.73. The number of methoxy groups -OCH3 is 1. The van der Waals surface area contributed by atoms with Gasteiger partial charge in [-0.15, -0.1) is 0 Å². The maximum atomic E-state index is 13.0. The average Bonchev–Trinajstić information content (AvgIpc) is 2.40. The van der Waals surface area contributed by atoms with Crippen LogP contribution in [0.25, 0.3) is 0 Å². The third-order valence-corrected chi connectivity index (χ3v) is 2.40. The van der Waals surface area contributed by atoms with E-state index in [4.69, 9.17) is 4.74 Å². The number of pyridine rings is 1. The molecule has 0 saturated heterocycles. The summed E-state index contributed by atoms with van der Waals surface area (Å²) in [6, 6.07) is 5.04. The summed E-state index contributed by atoms with van der Waals surface area (Å²) in [5.74, 6) is -0.845. The van der Waals surface area contributed by atoms with Gasteiger partial charge in [-0.2, -0.15) is 0 Å². The molecular weight excluding hydrogens is 251 g/mol. The molecule has 0 aliphatic rings. The monoisotopic (exact) mass is 262 g/mol. The van der Waals surface area contributed by atoms with Gasteiger partial charge >= 0.3 is 0 Å². The first-order chi connectivity index (χ1) is 9.10. The summed E-state index contributed by atoms with van der Waals surface area (Å²) in [4.78, 5) is 15.6. The van der Waals surface area contributed by atoms with Crippen LogP contribution >= 0.6 is 0 Å². The Hall–Kier alpha value is -2.63. The number of carbonyl (C=O) groups is 1. The highest BCUT2D eigenvalue weighted by atomic mass is 19.1. The molecule has 6 heteroatoms. The number of nitrogens with zero attached hydrogens (tertiary/aromatic N) is 1. The fraction of sp³-hybridized carbons (Fsp3) is 0.0769. The standard InChI is InChI=1S/C13H11FN2O3/c1-19-12-5-9(14)2-3-11(12)16-13(18)8-4-10(17)7-15-6-8/h2-7,17H,1H3,(H,16,18). The van der Waals surface area contributed by atoms with E-state index in [2.05, 4.69) is 10.3 Å².